The predicted molar refractivity (Wildman–Crippen MR) is 166 cm³/mol. The van der Waals surface area contributed by atoms with E-state index < -0.39 is 0 Å². The van der Waals surface area contributed by atoms with Gasteiger partial charge in [0.15, 0.2) is 5.78 Å². The van der Waals surface area contributed by atoms with Crippen molar-refractivity contribution in [1.82, 2.24) is 14.8 Å². The molecule has 2 aromatic carbocycles. The first-order chi connectivity index (χ1) is 20.1. The zero-order valence-corrected chi connectivity index (χ0v) is 25.2. The largest absolute Gasteiger partial charge is 0.326 e. The molecule has 0 bridgehead atoms. The molecule has 1 N–H and O–H groups in total. The lowest BCUT2D eigenvalue weighted by atomic mass is 10.1. The van der Waals surface area contributed by atoms with Gasteiger partial charge in [0.05, 0.1) is 11.3 Å². The van der Waals surface area contributed by atoms with Gasteiger partial charge in [0.1, 0.15) is 0 Å². The van der Waals surface area contributed by atoms with Crippen LogP contribution in [-0.2, 0) is 0 Å². The molecule has 1 aromatic heterocycles. The Hall–Kier alpha value is -4.01. The SMILES string of the molecule is CC(=O)c1ccc(NC(=O)N(CCCN2CC3=CN(C(=O)c4c(C)ccnc4C)CC3C2)c2ccc(C)c(Cl)c2)cc1. The molecule has 1 fully saturated rings. The number of rotatable bonds is 8. The number of urea groups is 1. The quantitative estimate of drug-likeness (QED) is 0.315. The highest BCUT2D eigenvalue weighted by atomic mass is 35.5. The minimum Gasteiger partial charge on any atom is -0.314 e. The summed E-state index contributed by atoms with van der Waals surface area (Å²) in [7, 11) is 0. The average Bonchev–Trinajstić information content (AvgIpc) is 3.52. The van der Waals surface area contributed by atoms with Crippen molar-refractivity contribution in [3.8, 4) is 0 Å². The number of aromatic nitrogens is 1. The van der Waals surface area contributed by atoms with E-state index in [1.807, 2.05) is 56.1 Å². The van der Waals surface area contributed by atoms with E-state index in [0.29, 0.717) is 40.8 Å². The smallest absolute Gasteiger partial charge is 0.314 e. The number of nitrogens with one attached hydrogen (secondary N) is 1. The number of likely N-dealkylation sites (tertiary alicyclic amines) is 1. The summed E-state index contributed by atoms with van der Waals surface area (Å²) >= 11 is 6.42. The van der Waals surface area contributed by atoms with Crippen LogP contribution in [0.25, 0.3) is 0 Å². The highest BCUT2D eigenvalue weighted by Crippen LogP contribution is 2.31. The molecule has 3 amide bonds. The highest BCUT2D eigenvalue weighted by molar-refractivity contribution is 6.31. The van der Waals surface area contributed by atoms with Crippen molar-refractivity contribution in [1.29, 1.82) is 0 Å². The first kappa shape index (κ1) is 29.5. The van der Waals surface area contributed by atoms with Gasteiger partial charge in [0.25, 0.3) is 5.91 Å². The summed E-state index contributed by atoms with van der Waals surface area (Å²) in [6.45, 7) is 11.0. The van der Waals surface area contributed by atoms with Crippen LogP contribution in [0.4, 0.5) is 16.2 Å². The fraction of sp³-hybridized carbons (Fsp3) is 0.333. The minimum atomic E-state index is -0.262. The van der Waals surface area contributed by atoms with Gasteiger partial charge in [0, 0.05) is 73.0 Å². The molecule has 2 aliphatic rings. The summed E-state index contributed by atoms with van der Waals surface area (Å²) in [5.41, 5.74) is 6.54. The van der Waals surface area contributed by atoms with Gasteiger partial charge in [-0.2, -0.15) is 0 Å². The summed E-state index contributed by atoms with van der Waals surface area (Å²) in [5, 5.41) is 3.56. The maximum Gasteiger partial charge on any atom is 0.326 e. The molecule has 9 heteroatoms. The van der Waals surface area contributed by atoms with E-state index >= 15 is 0 Å². The topological polar surface area (TPSA) is 85.9 Å². The Kier molecular flexibility index (Phi) is 8.75. The molecular weight excluding hydrogens is 550 g/mol. The number of ketones is 1. The third kappa shape index (κ3) is 6.40. The van der Waals surface area contributed by atoms with Crippen LogP contribution in [-0.4, -0.2) is 65.2 Å². The second kappa shape index (κ2) is 12.5. The van der Waals surface area contributed by atoms with Crippen LogP contribution in [0.3, 0.4) is 0 Å². The zero-order valence-electron chi connectivity index (χ0n) is 24.5. The molecule has 0 aliphatic carbocycles. The number of amides is 3. The standard InChI is InChI=1S/C33H36ClN5O3/c1-21-6-11-29(16-30(21)34)39(33(42)36-28-9-7-25(8-10-28)24(4)40)15-5-14-37-17-26-19-38(20-27(26)18-37)32(41)31-22(2)12-13-35-23(31)3/h6-13,16,19,27H,5,14-15,17-18,20H2,1-4H3,(H,36,42). The number of halogens is 1. The van der Waals surface area contributed by atoms with E-state index in [9.17, 15) is 14.4 Å². The number of aryl methyl sites for hydroxylation is 3. The van der Waals surface area contributed by atoms with Gasteiger partial charge in [-0.1, -0.05) is 17.7 Å². The monoisotopic (exact) mass is 585 g/mol. The molecule has 0 spiro atoms. The Morgan fingerprint density at radius 3 is 2.45 bits per heavy atom. The predicted octanol–water partition coefficient (Wildman–Crippen LogP) is 6.26. The molecule has 0 saturated carbocycles. The van der Waals surface area contributed by atoms with Crippen LogP contribution >= 0.6 is 11.6 Å². The van der Waals surface area contributed by atoms with Crippen molar-refractivity contribution >= 4 is 40.7 Å². The number of hydrogen-bond acceptors (Lipinski definition) is 5. The summed E-state index contributed by atoms with van der Waals surface area (Å²) in [6.07, 6.45) is 4.52. The lowest BCUT2D eigenvalue weighted by molar-refractivity contribution is 0.0818. The summed E-state index contributed by atoms with van der Waals surface area (Å²) in [4.78, 5) is 48.5. The van der Waals surface area contributed by atoms with Crippen molar-refractivity contribution in [2.75, 3.05) is 42.9 Å². The fourth-order valence-corrected chi connectivity index (χ4v) is 5.87. The van der Waals surface area contributed by atoms with E-state index in [4.69, 9.17) is 11.6 Å². The maximum absolute atomic E-state index is 13.4. The lowest BCUT2D eigenvalue weighted by Gasteiger charge is -2.25. The number of hydrogen-bond donors (Lipinski definition) is 1. The van der Waals surface area contributed by atoms with Gasteiger partial charge >= 0.3 is 6.03 Å². The second-order valence-corrected chi connectivity index (χ2v) is 11.6. The Morgan fingerprint density at radius 1 is 1.02 bits per heavy atom. The van der Waals surface area contributed by atoms with E-state index in [1.54, 1.807) is 35.4 Å². The lowest BCUT2D eigenvalue weighted by Crippen LogP contribution is -2.37. The molecule has 1 atom stereocenters. The summed E-state index contributed by atoms with van der Waals surface area (Å²) < 4.78 is 0. The van der Waals surface area contributed by atoms with Crippen LogP contribution < -0.4 is 10.2 Å². The molecule has 5 rings (SSSR count). The van der Waals surface area contributed by atoms with Crippen molar-refractivity contribution < 1.29 is 14.4 Å². The number of Topliss-reactive ketones (excluding diaryl/α,β-unsaturated/α-hetero) is 1. The second-order valence-electron chi connectivity index (χ2n) is 11.2. The number of fused-ring (bicyclic) bond motifs is 1. The van der Waals surface area contributed by atoms with Crippen LogP contribution in [0.5, 0.6) is 0 Å². The van der Waals surface area contributed by atoms with Crippen molar-refractivity contribution in [2.45, 2.75) is 34.1 Å². The van der Waals surface area contributed by atoms with Crippen LogP contribution in [0.1, 0.15) is 50.9 Å². The van der Waals surface area contributed by atoms with Gasteiger partial charge in [-0.05, 0) is 93.3 Å². The molecule has 3 heterocycles. The molecule has 8 nitrogen and oxygen atoms in total. The zero-order chi connectivity index (χ0) is 30.0. The summed E-state index contributed by atoms with van der Waals surface area (Å²) in [5.74, 6) is 0.309. The van der Waals surface area contributed by atoms with Gasteiger partial charge in [-0.3, -0.25) is 24.4 Å². The Balaban J connectivity index is 1.21. The third-order valence-corrected chi connectivity index (χ3v) is 8.49. The normalized spacial score (nSPS) is 16.3. The van der Waals surface area contributed by atoms with E-state index in [-0.39, 0.29) is 17.7 Å². The number of anilines is 2. The van der Waals surface area contributed by atoms with Crippen molar-refractivity contribution in [3.05, 3.63) is 99.5 Å². The molecule has 2 aliphatic heterocycles. The number of carbonyl (C=O) groups is 3. The molecule has 0 radical (unpaired) electrons. The number of carbonyl (C=O) groups excluding carboxylic acids is 3. The minimum absolute atomic E-state index is 0.0147. The number of nitrogens with zero attached hydrogens (tertiary/aromatic N) is 4. The summed E-state index contributed by atoms with van der Waals surface area (Å²) in [6, 6.07) is 14.1. The first-order valence-electron chi connectivity index (χ1n) is 14.2. The van der Waals surface area contributed by atoms with Gasteiger partial charge in [-0.25, -0.2) is 4.79 Å². The van der Waals surface area contributed by atoms with E-state index in [0.717, 1.165) is 48.6 Å². The highest BCUT2D eigenvalue weighted by Gasteiger charge is 2.36. The van der Waals surface area contributed by atoms with Crippen molar-refractivity contribution in [3.63, 3.8) is 0 Å². The van der Waals surface area contributed by atoms with Crippen LogP contribution in [0.15, 0.2) is 66.5 Å². The fourth-order valence-electron chi connectivity index (χ4n) is 5.69. The van der Waals surface area contributed by atoms with Gasteiger partial charge in [0.2, 0.25) is 0 Å². The van der Waals surface area contributed by atoms with E-state index in [1.165, 1.54) is 12.5 Å². The number of pyridine rings is 1. The Bertz CT molecular complexity index is 1530. The average molecular weight is 586 g/mol. The first-order valence-corrected chi connectivity index (χ1v) is 14.6. The number of benzene rings is 2. The Labute approximate surface area is 252 Å². The molecule has 1 unspecified atom stereocenters. The van der Waals surface area contributed by atoms with Crippen LogP contribution in [0, 0.1) is 26.7 Å². The maximum atomic E-state index is 13.4. The molecular formula is C33H36ClN5O3. The van der Waals surface area contributed by atoms with E-state index in [2.05, 4.69) is 15.2 Å². The molecule has 1 saturated heterocycles. The molecule has 3 aromatic rings. The van der Waals surface area contributed by atoms with Crippen molar-refractivity contribution in [2.24, 2.45) is 5.92 Å². The molecule has 42 heavy (non-hydrogen) atoms. The van der Waals surface area contributed by atoms with Gasteiger partial charge < -0.3 is 10.2 Å². The molecule has 218 valence electrons. The van der Waals surface area contributed by atoms with Gasteiger partial charge in [-0.15, -0.1) is 0 Å². The third-order valence-electron chi connectivity index (χ3n) is 8.08. The van der Waals surface area contributed by atoms with Crippen LogP contribution in [0.2, 0.25) is 5.02 Å². The Morgan fingerprint density at radius 2 is 1.79 bits per heavy atom.